The Morgan fingerprint density at radius 1 is 0.884 bits per heavy atom. The molecule has 3 heterocycles. The van der Waals surface area contributed by atoms with Gasteiger partial charge in [-0.15, -0.1) is 0 Å². The van der Waals surface area contributed by atoms with E-state index in [1.807, 2.05) is 4.90 Å². The van der Waals surface area contributed by atoms with Gasteiger partial charge in [0, 0.05) is 36.3 Å². The number of ether oxygens (including phenoxy) is 1. The van der Waals surface area contributed by atoms with Crippen LogP contribution in [0.15, 0.2) is 77.4 Å². The Balaban J connectivity index is 1.29. The highest BCUT2D eigenvalue weighted by atomic mass is 19.1. The number of urea groups is 1. The Labute approximate surface area is 245 Å². The number of aromatic nitrogens is 2. The summed E-state index contributed by atoms with van der Waals surface area (Å²) < 4.78 is 41.6. The summed E-state index contributed by atoms with van der Waals surface area (Å²) in [4.78, 5) is 35.1. The summed E-state index contributed by atoms with van der Waals surface area (Å²) >= 11 is 0. The largest absolute Gasteiger partial charge is 0.464 e. The number of carbonyl (C=O) groups excluding carboxylic acids is 2. The van der Waals surface area contributed by atoms with Gasteiger partial charge in [0.2, 0.25) is 0 Å². The number of furan rings is 1. The lowest BCUT2D eigenvalue weighted by molar-refractivity contribution is -0.116. The van der Waals surface area contributed by atoms with E-state index >= 15 is 8.78 Å². The zero-order valence-corrected chi connectivity index (χ0v) is 23.2. The van der Waals surface area contributed by atoms with Crippen LogP contribution in [0.1, 0.15) is 12.5 Å². The Hall–Kier alpha value is -5.16. The van der Waals surface area contributed by atoms with Crippen LogP contribution in [-0.2, 0) is 16.0 Å². The first-order valence-corrected chi connectivity index (χ1v) is 13.7. The zero-order valence-electron chi connectivity index (χ0n) is 23.2. The topological polar surface area (TPSA) is 110 Å². The minimum Gasteiger partial charge on any atom is -0.464 e. The molecule has 0 spiro atoms. The van der Waals surface area contributed by atoms with Crippen molar-refractivity contribution < 1.29 is 27.5 Å². The molecule has 0 unspecified atom stereocenters. The smallest absolute Gasteiger partial charge is 0.323 e. The van der Waals surface area contributed by atoms with Crippen LogP contribution in [0.4, 0.5) is 30.8 Å². The van der Waals surface area contributed by atoms with Crippen LogP contribution in [-0.4, -0.2) is 48.1 Å². The van der Waals surface area contributed by atoms with Gasteiger partial charge in [-0.25, -0.2) is 23.5 Å². The van der Waals surface area contributed by atoms with Gasteiger partial charge >= 0.3 is 6.03 Å². The predicted octanol–water partition coefficient (Wildman–Crippen LogP) is 6.45. The summed E-state index contributed by atoms with van der Waals surface area (Å²) in [5.41, 5.74) is 2.36. The van der Waals surface area contributed by atoms with Gasteiger partial charge in [0.05, 0.1) is 36.1 Å². The number of nitrogens with one attached hydrogen (secondary N) is 2. The molecular weight excluding hydrogens is 556 g/mol. The lowest BCUT2D eigenvalue weighted by Gasteiger charge is -2.29. The fourth-order valence-corrected chi connectivity index (χ4v) is 4.95. The van der Waals surface area contributed by atoms with Gasteiger partial charge in [-0.1, -0.05) is 12.1 Å². The lowest BCUT2D eigenvalue weighted by Crippen LogP contribution is -2.37. The summed E-state index contributed by atoms with van der Waals surface area (Å²) in [6, 6.07) is 16.8. The van der Waals surface area contributed by atoms with E-state index in [0.29, 0.717) is 60.9 Å². The monoisotopic (exact) mass is 583 g/mol. The molecule has 43 heavy (non-hydrogen) atoms. The molecule has 1 saturated heterocycles. The van der Waals surface area contributed by atoms with Gasteiger partial charge in [0.25, 0.3) is 0 Å². The maximum Gasteiger partial charge on any atom is 0.323 e. The van der Waals surface area contributed by atoms with Crippen molar-refractivity contribution in [2.24, 2.45) is 0 Å². The fraction of sp³-hybridized carbons (Fsp3) is 0.188. The number of benzene rings is 3. The number of halogens is 2. The quantitative estimate of drug-likeness (QED) is 0.227. The third-order valence-corrected chi connectivity index (χ3v) is 6.99. The number of hydrogen-bond acceptors (Lipinski definition) is 7. The third kappa shape index (κ3) is 6.21. The van der Waals surface area contributed by atoms with Crippen LogP contribution >= 0.6 is 0 Å². The number of anilines is 3. The number of hydrogen-bond donors (Lipinski definition) is 2. The van der Waals surface area contributed by atoms with Crippen LogP contribution in [0.2, 0.25) is 0 Å². The second-order valence-corrected chi connectivity index (χ2v) is 10.1. The molecule has 2 N–H and O–H groups in total. The minimum absolute atomic E-state index is 0.0443. The standard InChI is InChI=1S/C32H27F2N5O4/c1-19(40)15-20-4-6-21(7-5-20)35-32(41)36-22-8-9-23(26(33)16-22)30-37-28-18-24(29-3-2-12-43-29)27(34)17-25(28)31(38-30)39-10-13-42-14-11-39/h2-9,12,16-18H,10-11,13-15H2,1H3,(H2,35,36,41). The maximum absolute atomic E-state index is 15.5. The summed E-state index contributed by atoms with van der Waals surface area (Å²) in [7, 11) is 0. The number of amides is 2. The van der Waals surface area contributed by atoms with Crippen molar-refractivity contribution in [1.82, 2.24) is 9.97 Å². The number of rotatable bonds is 7. The molecule has 9 nitrogen and oxygen atoms in total. The molecule has 0 radical (unpaired) electrons. The maximum atomic E-state index is 15.5. The highest BCUT2D eigenvalue weighted by molar-refractivity contribution is 6.00. The molecule has 1 aliphatic rings. The molecule has 0 atom stereocenters. The Morgan fingerprint density at radius 3 is 2.30 bits per heavy atom. The number of morpholine rings is 1. The van der Waals surface area contributed by atoms with Crippen molar-refractivity contribution in [3.63, 3.8) is 0 Å². The molecule has 1 fully saturated rings. The van der Waals surface area contributed by atoms with E-state index in [1.165, 1.54) is 31.4 Å². The molecule has 2 aromatic heterocycles. The van der Waals surface area contributed by atoms with E-state index in [-0.39, 0.29) is 28.4 Å². The summed E-state index contributed by atoms with van der Waals surface area (Å²) in [5, 5.41) is 5.79. The van der Waals surface area contributed by atoms with Crippen molar-refractivity contribution in [2.45, 2.75) is 13.3 Å². The second-order valence-electron chi connectivity index (χ2n) is 10.1. The summed E-state index contributed by atoms with van der Waals surface area (Å²) in [6.45, 7) is 3.54. The number of carbonyl (C=O) groups is 2. The van der Waals surface area contributed by atoms with Gasteiger partial charge in [-0.2, -0.15) is 0 Å². The normalized spacial score (nSPS) is 13.2. The molecule has 0 saturated carbocycles. The van der Waals surface area contributed by atoms with E-state index < -0.39 is 17.7 Å². The van der Waals surface area contributed by atoms with Crippen LogP contribution in [0, 0.1) is 11.6 Å². The van der Waals surface area contributed by atoms with E-state index in [0.717, 1.165) is 5.56 Å². The number of ketones is 1. The number of Topliss-reactive ketones (excluding diaryl/α,β-unsaturated/α-hetero) is 1. The second kappa shape index (κ2) is 12.0. The molecule has 3 aromatic carbocycles. The van der Waals surface area contributed by atoms with E-state index in [1.54, 1.807) is 48.5 Å². The Kier molecular flexibility index (Phi) is 7.80. The number of fused-ring (bicyclic) bond motifs is 1. The van der Waals surface area contributed by atoms with Crippen LogP contribution < -0.4 is 15.5 Å². The zero-order chi connectivity index (χ0) is 29.9. The highest BCUT2D eigenvalue weighted by Crippen LogP contribution is 2.34. The first kappa shape index (κ1) is 28.0. The average Bonchev–Trinajstić information content (AvgIpc) is 3.53. The van der Waals surface area contributed by atoms with Crippen molar-refractivity contribution in [3.8, 4) is 22.7 Å². The van der Waals surface area contributed by atoms with E-state index in [9.17, 15) is 9.59 Å². The van der Waals surface area contributed by atoms with E-state index in [2.05, 4.69) is 20.6 Å². The van der Waals surface area contributed by atoms with Gasteiger partial charge in [-0.05, 0) is 67.1 Å². The lowest BCUT2D eigenvalue weighted by atomic mass is 10.1. The van der Waals surface area contributed by atoms with E-state index in [4.69, 9.17) is 9.15 Å². The van der Waals surface area contributed by atoms with Gasteiger partial charge in [-0.3, -0.25) is 4.79 Å². The summed E-state index contributed by atoms with van der Waals surface area (Å²) in [6.07, 6.45) is 1.77. The first-order valence-electron chi connectivity index (χ1n) is 13.7. The summed E-state index contributed by atoms with van der Waals surface area (Å²) in [5.74, 6) is -0.150. The molecular formula is C32H27F2N5O4. The van der Waals surface area contributed by atoms with Gasteiger partial charge < -0.3 is 24.7 Å². The molecule has 11 heteroatoms. The fourth-order valence-electron chi connectivity index (χ4n) is 4.95. The van der Waals surface area contributed by atoms with Crippen molar-refractivity contribution in [1.29, 1.82) is 0 Å². The van der Waals surface area contributed by atoms with Crippen molar-refractivity contribution in [3.05, 3.63) is 90.2 Å². The van der Waals surface area contributed by atoms with Gasteiger partial charge in [0.1, 0.15) is 29.0 Å². The van der Waals surface area contributed by atoms with Crippen molar-refractivity contribution in [2.75, 3.05) is 41.8 Å². The first-order chi connectivity index (χ1) is 20.8. The van der Waals surface area contributed by atoms with Crippen LogP contribution in [0.25, 0.3) is 33.6 Å². The van der Waals surface area contributed by atoms with Crippen LogP contribution in [0.5, 0.6) is 0 Å². The van der Waals surface area contributed by atoms with Gasteiger partial charge in [0.15, 0.2) is 5.82 Å². The predicted molar refractivity (Wildman–Crippen MR) is 159 cm³/mol. The average molecular weight is 584 g/mol. The van der Waals surface area contributed by atoms with Crippen molar-refractivity contribution >= 4 is 39.9 Å². The highest BCUT2D eigenvalue weighted by Gasteiger charge is 2.22. The third-order valence-electron chi connectivity index (χ3n) is 6.99. The Morgan fingerprint density at radius 2 is 1.60 bits per heavy atom. The molecule has 5 aromatic rings. The molecule has 0 aliphatic carbocycles. The Bertz CT molecular complexity index is 1800. The van der Waals surface area contributed by atoms with Crippen LogP contribution in [0.3, 0.4) is 0 Å². The molecule has 0 bridgehead atoms. The number of nitrogens with zero attached hydrogens (tertiary/aromatic N) is 3. The SMILES string of the molecule is CC(=O)Cc1ccc(NC(=O)Nc2ccc(-c3nc(N4CCOCC4)c4cc(F)c(-c5ccco5)cc4n3)c(F)c2)cc1. The minimum atomic E-state index is -0.646. The molecule has 218 valence electrons. The molecule has 1 aliphatic heterocycles. The molecule has 2 amide bonds. The molecule has 6 rings (SSSR count).